The summed E-state index contributed by atoms with van der Waals surface area (Å²) < 4.78 is 5.21. The molecule has 4 nitrogen and oxygen atoms in total. The van der Waals surface area contributed by atoms with Crippen LogP contribution in [0.25, 0.3) is 11.1 Å². The number of methoxy groups -OCH3 is 1. The molecule has 0 saturated heterocycles. The van der Waals surface area contributed by atoms with Gasteiger partial charge >= 0.3 is 5.97 Å². The number of para-hydroxylation sites is 1. The minimum absolute atomic E-state index is 0.126. The molecule has 1 aromatic heterocycles. The van der Waals surface area contributed by atoms with Crippen molar-refractivity contribution in [3.05, 3.63) is 40.1 Å². The molecule has 18 heavy (non-hydrogen) atoms. The van der Waals surface area contributed by atoms with Crippen LogP contribution in [0.15, 0.2) is 29.6 Å². The fraction of sp³-hybridized carbons (Fsp3) is 0.0769. The number of hydrogen-bond donors (Lipinski definition) is 1. The maximum Gasteiger partial charge on any atom is 0.337 e. The van der Waals surface area contributed by atoms with Gasteiger partial charge in [0, 0.05) is 16.5 Å². The van der Waals surface area contributed by atoms with E-state index in [0.717, 1.165) is 11.3 Å². The van der Waals surface area contributed by atoms with Crippen molar-refractivity contribution < 1.29 is 14.6 Å². The molecule has 0 radical (unpaired) electrons. The van der Waals surface area contributed by atoms with Crippen molar-refractivity contribution in [1.29, 1.82) is 5.26 Å². The predicted molar refractivity (Wildman–Crippen MR) is 68.0 cm³/mol. The summed E-state index contributed by atoms with van der Waals surface area (Å²) in [6.07, 6.45) is 0. The molecule has 1 N–H and O–H groups in total. The van der Waals surface area contributed by atoms with E-state index in [0.29, 0.717) is 21.8 Å². The van der Waals surface area contributed by atoms with E-state index in [1.165, 1.54) is 12.5 Å². The molecule has 2 aromatic rings. The Bertz CT molecular complexity index is 640. The zero-order valence-corrected chi connectivity index (χ0v) is 10.3. The van der Waals surface area contributed by atoms with Crippen LogP contribution >= 0.6 is 11.3 Å². The first-order chi connectivity index (χ1) is 8.69. The SMILES string of the molecule is COc1ccccc1-c1c(C(=O)O)csc1C#N. The number of ether oxygens (including phenoxy) is 1. The van der Waals surface area contributed by atoms with Crippen LogP contribution in [0.1, 0.15) is 15.2 Å². The normalized spacial score (nSPS) is 9.78. The Morgan fingerprint density at radius 2 is 2.17 bits per heavy atom. The van der Waals surface area contributed by atoms with Gasteiger partial charge < -0.3 is 9.84 Å². The Kier molecular flexibility index (Phi) is 3.31. The lowest BCUT2D eigenvalue weighted by Gasteiger charge is -2.08. The predicted octanol–water partition coefficient (Wildman–Crippen LogP) is 2.99. The summed E-state index contributed by atoms with van der Waals surface area (Å²) in [7, 11) is 1.51. The molecule has 2 rings (SSSR count). The van der Waals surface area contributed by atoms with Crippen LogP contribution in [0.3, 0.4) is 0 Å². The first kappa shape index (κ1) is 12.1. The smallest absolute Gasteiger partial charge is 0.337 e. The van der Waals surface area contributed by atoms with Crippen molar-refractivity contribution in [2.75, 3.05) is 7.11 Å². The number of rotatable bonds is 3. The lowest BCUT2D eigenvalue weighted by molar-refractivity contribution is 0.0698. The molecular formula is C13H9NO3S. The van der Waals surface area contributed by atoms with Crippen LogP contribution in [0.2, 0.25) is 0 Å². The lowest BCUT2D eigenvalue weighted by atomic mass is 10.0. The second kappa shape index (κ2) is 4.90. The van der Waals surface area contributed by atoms with Crippen molar-refractivity contribution in [3.8, 4) is 22.9 Å². The van der Waals surface area contributed by atoms with Crippen molar-refractivity contribution >= 4 is 17.3 Å². The summed E-state index contributed by atoms with van der Waals surface area (Å²) in [6, 6.07) is 9.07. The molecule has 0 atom stereocenters. The van der Waals surface area contributed by atoms with E-state index in [9.17, 15) is 4.79 Å². The van der Waals surface area contributed by atoms with E-state index < -0.39 is 5.97 Å². The van der Waals surface area contributed by atoms with Gasteiger partial charge in [-0.3, -0.25) is 0 Å². The molecule has 1 heterocycles. The molecule has 0 aliphatic carbocycles. The molecule has 0 aliphatic heterocycles. The molecule has 5 heteroatoms. The number of thiophene rings is 1. The van der Waals surface area contributed by atoms with Gasteiger partial charge in [-0.2, -0.15) is 5.26 Å². The minimum atomic E-state index is -1.05. The number of nitrogens with zero attached hydrogens (tertiary/aromatic N) is 1. The Labute approximate surface area is 108 Å². The van der Waals surface area contributed by atoms with Gasteiger partial charge in [0.25, 0.3) is 0 Å². The summed E-state index contributed by atoms with van der Waals surface area (Å²) in [6.45, 7) is 0. The molecule has 0 aliphatic rings. The number of aromatic carboxylic acids is 1. The molecule has 0 fully saturated rings. The van der Waals surface area contributed by atoms with Crippen molar-refractivity contribution in [1.82, 2.24) is 0 Å². The van der Waals surface area contributed by atoms with Crippen LogP contribution in [0.5, 0.6) is 5.75 Å². The summed E-state index contributed by atoms with van der Waals surface area (Å²) >= 11 is 1.12. The standard InChI is InChI=1S/C13H9NO3S/c1-17-10-5-3-2-4-8(10)12-9(13(15)16)7-18-11(12)6-14/h2-5,7H,1H3,(H,15,16). The number of hydrogen-bond acceptors (Lipinski definition) is 4. The van der Waals surface area contributed by atoms with Gasteiger partial charge in [-0.1, -0.05) is 18.2 Å². The van der Waals surface area contributed by atoms with Crippen LogP contribution in [-0.2, 0) is 0 Å². The molecule has 0 bridgehead atoms. The number of carboxylic acid groups (broad SMARTS) is 1. The second-order valence-electron chi connectivity index (χ2n) is 3.47. The highest BCUT2D eigenvalue weighted by atomic mass is 32.1. The first-order valence-electron chi connectivity index (χ1n) is 5.07. The summed E-state index contributed by atoms with van der Waals surface area (Å²) in [5.74, 6) is -0.497. The molecule has 0 amide bonds. The van der Waals surface area contributed by atoms with E-state index in [-0.39, 0.29) is 5.56 Å². The second-order valence-corrected chi connectivity index (χ2v) is 4.35. The molecular weight excluding hydrogens is 250 g/mol. The number of benzene rings is 1. The van der Waals surface area contributed by atoms with Crippen LogP contribution in [-0.4, -0.2) is 18.2 Å². The summed E-state index contributed by atoms with van der Waals surface area (Å²) in [5.41, 5.74) is 1.17. The maximum absolute atomic E-state index is 11.2. The summed E-state index contributed by atoms with van der Waals surface area (Å²) in [5, 5.41) is 19.7. The average molecular weight is 259 g/mol. The van der Waals surface area contributed by atoms with Gasteiger partial charge in [0.2, 0.25) is 0 Å². The first-order valence-corrected chi connectivity index (χ1v) is 5.95. The molecule has 0 unspecified atom stereocenters. The van der Waals surface area contributed by atoms with E-state index in [2.05, 4.69) is 0 Å². The Hall–Kier alpha value is -2.32. The van der Waals surface area contributed by atoms with Gasteiger partial charge in [-0.15, -0.1) is 11.3 Å². The zero-order valence-electron chi connectivity index (χ0n) is 9.51. The largest absolute Gasteiger partial charge is 0.496 e. The number of carboxylic acids is 1. The van der Waals surface area contributed by atoms with Gasteiger partial charge in [-0.05, 0) is 6.07 Å². The monoisotopic (exact) mass is 259 g/mol. The third kappa shape index (κ3) is 1.94. The van der Waals surface area contributed by atoms with Gasteiger partial charge in [0.05, 0.1) is 12.7 Å². The van der Waals surface area contributed by atoms with E-state index in [1.54, 1.807) is 24.3 Å². The molecule has 90 valence electrons. The van der Waals surface area contributed by atoms with E-state index in [4.69, 9.17) is 15.1 Å². The van der Waals surface area contributed by atoms with Gasteiger partial charge in [-0.25, -0.2) is 4.79 Å². The van der Waals surface area contributed by atoms with E-state index >= 15 is 0 Å². The average Bonchev–Trinajstić information content (AvgIpc) is 2.82. The summed E-state index contributed by atoms with van der Waals surface area (Å²) in [4.78, 5) is 11.6. The van der Waals surface area contributed by atoms with Crippen LogP contribution in [0.4, 0.5) is 0 Å². The third-order valence-electron chi connectivity index (χ3n) is 2.50. The fourth-order valence-corrected chi connectivity index (χ4v) is 2.56. The topological polar surface area (TPSA) is 70.3 Å². The maximum atomic E-state index is 11.2. The fourth-order valence-electron chi connectivity index (χ4n) is 1.72. The highest BCUT2D eigenvalue weighted by Gasteiger charge is 2.20. The quantitative estimate of drug-likeness (QED) is 0.919. The molecule has 0 spiro atoms. The van der Waals surface area contributed by atoms with Crippen molar-refractivity contribution in [3.63, 3.8) is 0 Å². The van der Waals surface area contributed by atoms with Gasteiger partial charge in [0.1, 0.15) is 16.7 Å². The lowest BCUT2D eigenvalue weighted by Crippen LogP contribution is -1.98. The molecule has 0 saturated carbocycles. The Morgan fingerprint density at radius 3 is 2.78 bits per heavy atom. The van der Waals surface area contributed by atoms with Crippen LogP contribution in [0, 0.1) is 11.3 Å². The van der Waals surface area contributed by atoms with Crippen molar-refractivity contribution in [2.24, 2.45) is 0 Å². The third-order valence-corrected chi connectivity index (χ3v) is 3.38. The highest BCUT2D eigenvalue weighted by molar-refractivity contribution is 7.11. The van der Waals surface area contributed by atoms with Crippen LogP contribution < -0.4 is 4.74 Å². The minimum Gasteiger partial charge on any atom is -0.496 e. The van der Waals surface area contributed by atoms with Gasteiger partial charge in [0.15, 0.2) is 0 Å². The van der Waals surface area contributed by atoms with E-state index in [1.807, 2.05) is 6.07 Å². The number of carbonyl (C=O) groups is 1. The zero-order chi connectivity index (χ0) is 13.1. The molecule has 1 aromatic carbocycles. The highest BCUT2D eigenvalue weighted by Crippen LogP contribution is 2.37. The Morgan fingerprint density at radius 1 is 1.44 bits per heavy atom. The number of nitriles is 1. The van der Waals surface area contributed by atoms with Crippen molar-refractivity contribution in [2.45, 2.75) is 0 Å². The Balaban J connectivity index is 2.73.